The van der Waals surface area contributed by atoms with Crippen LogP contribution < -0.4 is 19.5 Å². The topological polar surface area (TPSA) is 60.0 Å². The first-order chi connectivity index (χ1) is 15.1. The van der Waals surface area contributed by atoms with Crippen LogP contribution in [0.4, 0.5) is 5.69 Å². The van der Waals surface area contributed by atoms with Gasteiger partial charge < -0.3 is 19.5 Å². The fourth-order valence-electron chi connectivity index (χ4n) is 3.18. The zero-order valence-electron chi connectivity index (χ0n) is 18.1. The Bertz CT molecular complexity index is 992. The molecular formula is C25H28N2O4. The summed E-state index contributed by atoms with van der Waals surface area (Å²) in [5.74, 6) is 1.97. The van der Waals surface area contributed by atoms with Gasteiger partial charge in [0.25, 0.3) is 0 Å². The van der Waals surface area contributed by atoms with E-state index in [-0.39, 0.29) is 12.5 Å². The summed E-state index contributed by atoms with van der Waals surface area (Å²) >= 11 is 0. The standard InChI is InChI=1S/C25H28N2O4/c1-27(17-25(28)26-21-10-7-11-22(15-21)29-2)16-20-12-13-23(24(14-20)30-3)31-18-19-8-5-4-6-9-19/h4-15H,16-18H2,1-3H3,(H,26,28). The zero-order valence-corrected chi connectivity index (χ0v) is 18.1. The predicted octanol–water partition coefficient (Wildman–Crippen LogP) is 4.35. The van der Waals surface area contributed by atoms with Gasteiger partial charge in [0.15, 0.2) is 11.5 Å². The Labute approximate surface area is 183 Å². The summed E-state index contributed by atoms with van der Waals surface area (Å²) in [7, 11) is 5.12. The van der Waals surface area contributed by atoms with E-state index in [9.17, 15) is 4.79 Å². The van der Waals surface area contributed by atoms with Gasteiger partial charge in [-0.05, 0) is 42.4 Å². The number of nitrogens with zero attached hydrogens (tertiary/aromatic N) is 1. The lowest BCUT2D eigenvalue weighted by Crippen LogP contribution is -2.29. The second-order valence-electron chi connectivity index (χ2n) is 7.21. The normalized spacial score (nSPS) is 10.6. The lowest BCUT2D eigenvalue weighted by Gasteiger charge is -2.18. The molecule has 0 saturated heterocycles. The minimum absolute atomic E-state index is 0.0921. The van der Waals surface area contributed by atoms with Crippen LogP contribution >= 0.6 is 0 Å². The summed E-state index contributed by atoms with van der Waals surface area (Å²) in [6, 6.07) is 23.1. The maximum Gasteiger partial charge on any atom is 0.238 e. The molecule has 0 heterocycles. The smallest absolute Gasteiger partial charge is 0.238 e. The van der Waals surface area contributed by atoms with E-state index >= 15 is 0 Å². The molecule has 3 aromatic rings. The number of benzene rings is 3. The summed E-state index contributed by atoms with van der Waals surface area (Å²) in [5, 5.41) is 2.89. The van der Waals surface area contributed by atoms with Crippen molar-refractivity contribution in [1.82, 2.24) is 4.90 Å². The highest BCUT2D eigenvalue weighted by Crippen LogP contribution is 2.29. The Morgan fingerprint density at radius 1 is 0.871 bits per heavy atom. The number of rotatable bonds is 10. The van der Waals surface area contributed by atoms with E-state index in [0.717, 1.165) is 11.1 Å². The monoisotopic (exact) mass is 420 g/mol. The molecule has 0 fully saturated rings. The van der Waals surface area contributed by atoms with E-state index in [2.05, 4.69) is 5.32 Å². The number of amides is 1. The maximum atomic E-state index is 12.4. The molecule has 1 N–H and O–H groups in total. The van der Waals surface area contributed by atoms with Crippen LogP contribution in [-0.4, -0.2) is 38.6 Å². The first kappa shape index (κ1) is 22.2. The molecule has 0 spiro atoms. The van der Waals surface area contributed by atoms with Crippen molar-refractivity contribution >= 4 is 11.6 Å². The quantitative estimate of drug-likeness (QED) is 0.528. The third kappa shape index (κ3) is 6.76. The highest BCUT2D eigenvalue weighted by Gasteiger charge is 2.11. The Morgan fingerprint density at radius 2 is 1.68 bits per heavy atom. The van der Waals surface area contributed by atoms with Crippen molar-refractivity contribution in [2.45, 2.75) is 13.2 Å². The third-order valence-electron chi connectivity index (χ3n) is 4.68. The minimum Gasteiger partial charge on any atom is -0.497 e. The van der Waals surface area contributed by atoms with E-state index in [1.54, 1.807) is 20.3 Å². The fraction of sp³-hybridized carbons (Fsp3) is 0.240. The van der Waals surface area contributed by atoms with Crippen LogP contribution in [-0.2, 0) is 17.9 Å². The van der Waals surface area contributed by atoms with E-state index in [1.807, 2.05) is 78.7 Å². The Hall–Kier alpha value is -3.51. The van der Waals surface area contributed by atoms with E-state index < -0.39 is 0 Å². The van der Waals surface area contributed by atoms with Crippen molar-refractivity contribution < 1.29 is 19.0 Å². The molecule has 0 aliphatic heterocycles. The minimum atomic E-state index is -0.0921. The highest BCUT2D eigenvalue weighted by atomic mass is 16.5. The number of hydrogen-bond donors (Lipinski definition) is 1. The average Bonchev–Trinajstić information content (AvgIpc) is 2.78. The van der Waals surface area contributed by atoms with Crippen molar-refractivity contribution in [2.24, 2.45) is 0 Å². The summed E-state index contributed by atoms with van der Waals surface area (Å²) in [5.41, 5.74) is 2.83. The summed E-state index contributed by atoms with van der Waals surface area (Å²) in [4.78, 5) is 14.3. The Balaban J connectivity index is 1.55. The third-order valence-corrected chi connectivity index (χ3v) is 4.68. The number of hydrogen-bond acceptors (Lipinski definition) is 5. The SMILES string of the molecule is COc1cccc(NC(=O)CN(C)Cc2ccc(OCc3ccccc3)c(OC)c2)c1. The number of anilines is 1. The van der Waals surface area contributed by atoms with Gasteiger partial charge in [0.2, 0.25) is 5.91 Å². The van der Waals surface area contributed by atoms with Crippen molar-refractivity contribution in [3.8, 4) is 17.2 Å². The van der Waals surface area contributed by atoms with Crippen LogP contribution in [0, 0.1) is 0 Å². The molecule has 1 amide bonds. The van der Waals surface area contributed by atoms with Gasteiger partial charge in [-0.15, -0.1) is 0 Å². The van der Waals surface area contributed by atoms with Gasteiger partial charge >= 0.3 is 0 Å². The molecule has 0 atom stereocenters. The van der Waals surface area contributed by atoms with E-state index in [4.69, 9.17) is 14.2 Å². The Morgan fingerprint density at radius 3 is 2.42 bits per heavy atom. The molecule has 0 aliphatic carbocycles. The van der Waals surface area contributed by atoms with Gasteiger partial charge in [-0.2, -0.15) is 0 Å². The predicted molar refractivity (Wildman–Crippen MR) is 122 cm³/mol. The molecule has 0 aliphatic rings. The molecule has 3 rings (SSSR count). The number of ether oxygens (including phenoxy) is 3. The fourth-order valence-corrected chi connectivity index (χ4v) is 3.18. The van der Waals surface area contributed by atoms with Crippen LogP contribution in [0.3, 0.4) is 0 Å². The second-order valence-corrected chi connectivity index (χ2v) is 7.21. The molecule has 0 radical (unpaired) electrons. The average molecular weight is 421 g/mol. The number of nitrogens with one attached hydrogen (secondary N) is 1. The molecule has 0 aromatic heterocycles. The molecule has 0 saturated carbocycles. The molecule has 31 heavy (non-hydrogen) atoms. The first-order valence-electron chi connectivity index (χ1n) is 10.0. The van der Waals surface area contributed by atoms with Crippen LogP contribution in [0.1, 0.15) is 11.1 Å². The van der Waals surface area contributed by atoms with Crippen LogP contribution in [0.2, 0.25) is 0 Å². The molecule has 162 valence electrons. The summed E-state index contributed by atoms with van der Waals surface area (Å²) in [6.07, 6.45) is 0. The molecular weight excluding hydrogens is 392 g/mol. The first-order valence-corrected chi connectivity index (χ1v) is 10.0. The maximum absolute atomic E-state index is 12.4. The van der Waals surface area contributed by atoms with Gasteiger partial charge in [-0.1, -0.05) is 42.5 Å². The van der Waals surface area contributed by atoms with Crippen molar-refractivity contribution in [1.29, 1.82) is 0 Å². The highest BCUT2D eigenvalue weighted by molar-refractivity contribution is 5.92. The van der Waals surface area contributed by atoms with E-state index in [1.165, 1.54) is 0 Å². The summed E-state index contributed by atoms with van der Waals surface area (Å²) < 4.78 is 16.6. The molecule has 6 nitrogen and oxygen atoms in total. The zero-order chi connectivity index (χ0) is 22.1. The Kier molecular flexibility index (Phi) is 7.90. The molecule has 0 unspecified atom stereocenters. The van der Waals surface area contributed by atoms with Crippen molar-refractivity contribution in [2.75, 3.05) is 33.1 Å². The number of methoxy groups -OCH3 is 2. The molecule has 3 aromatic carbocycles. The van der Waals surface area contributed by atoms with Gasteiger partial charge in [-0.3, -0.25) is 9.69 Å². The molecule has 6 heteroatoms. The van der Waals surface area contributed by atoms with Gasteiger partial charge in [0, 0.05) is 18.3 Å². The molecule has 0 bridgehead atoms. The van der Waals surface area contributed by atoms with Crippen LogP contribution in [0.25, 0.3) is 0 Å². The van der Waals surface area contributed by atoms with Gasteiger partial charge in [0.05, 0.1) is 20.8 Å². The lowest BCUT2D eigenvalue weighted by atomic mass is 10.2. The van der Waals surface area contributed by atoms with E-state index in [0.29, 0.717) is 36.1 Å². The van der Waals surface area contributed by atoms with Crippen LogP contribution in [0.5, 0.6) is 17.2 Å². The van der Waals surface area contributed by atoms with Crippen molar-refractivity contribution in [3.63, 3.8) is 0 Å². The number of likely N-dealkylation sites (N-methyl/N-ethyl adjacent to an activating group) is 1. The summed E-state index contributed by atoms with van der Waals surface area (Å²) in [6.45, 7) is 1.33. The van der Waals surface area contributed by atoms with Crippen LogP contribution in [0.15, 0.2) is 72.8 Å². The van der Waals surface area contributed by atoms with Crippen molar-refractivity contribution in [3.05, 3.63) is 83.9 Å². The largest absolute Gasteiger partial charge is 0.497 e. The lowest BCUT2D eigenvalue weighted by molar-refractivity contribution is -0.117. The van der Waals surface area contributed by atoms with Gasteiger partial charge in [-0.25, -0.2) is 0 Å². The second kappa shape index (κ2) is 11.0. The number of carbonyl (C=O) groups is 1. The van der Waals surface area contributed by atoms with Gasteiger partial charge in [0.1, 0.15) is 12.4 Å². The number of carbonyl (C=O) groups excluding carboxylic acids is 1.